The Morgan fingerprint density at radius 3 is 2.24 bits per heavy atom. The highest BCUT2D eigenvalue weighted by atomic mass is 15.2. The summed E-state index contributed by atoms with van der Waals surface area (Å²) in [6.45, 7) is 6.33. The van der Waals surface area contributed by atoms with E-state index in [-0.39, 0.29) is 0 Å². The Bertz CT molecular complexity index is 791. The van der Waals surface area contributed by atoms with Crippen molar-refractivity contribution in [3.63, 3.8) is 0 Å². The first-order valence-corrected chi connectivity index (χ1v) is 7.08. The summed E-state index contributed by atoms with van der Waals surface area (Å²) in [5.41, 5.74) is 5.88. The van der Waals surface area contributed by atoms with Gasteiger partial charge in [-0.15, -0.1) is 0 Å². The van der Waals surface area contributed by atoms with Gasteiger partial charge in [0.05, 0.1) is 5.52 Å². The van der Waals surface area contributed by atoms with Gasteiger partial charge in [0.25, 0.3) is 0 Å². The van der Waals surface area contributed by atoms with Crippen molar-refractivity contribution in [1.82, 2.24) is 9.97 Å². The van der Waals surface area contributed by atoms with E-state index in [1.807, 2.05) is 7.05 Å². The van der Waals surface area contributed by atoms with E-state index in [4.69, 9.17) is 0 Å². The van der Waals surface area contributed by atoms with Crippen molar-refractivity contribution >= 4 is 22.4 Å². The topological polar surface area (TPSA) is 29.0 Å². The van der Waals surface area contributed by atoms with Crippen molar-refractivity contribution in [3.05, 3.63) is 59.4 Å². The molecule has 0 unspecified atom stereocenters. The lowest BCUT2D eigenvalue weighted by molar-refractivity contribution is 1.11. The van der Waals surface area contributed by atoms with Crippen LogP contribution < -0.4 is 4.90 Å². The molecule has 3 nitrogen and oxygen atoms in total. The van der Waals surface area contributed by atoms with Gasteiger partial charge in [-0.05, 0) is 56.2 Å². The van der Waals surface area contributed by atoms with Crippen LogP contribution in [-0.2, 0) is 0 Å². The molecule has 0 saturated heterocycles. The van der Waals surface area contributed by atoms with Gasteiger partial charge in [0.15, 0.2) is 0 Å². The van der Waals surface area contributed by atoms with Crippen LogP contribution in [0.25, 0.3) is 10.9 Å². The summed E-state index contributed by atoms with van der Waals surface area (Å²) in [6, 6.07) is 12.8. The molecule has 3 aromatic rings. The second kappa shape index (κ2) is 5.17. The van der Waals surface area contributed by atoms with E-state index in [1.54, 1.807) is 6.33 Å². The van der Waals surface area contributed by atoms with Gasteiger partial charge in [-0.1, -0.05) is 17.7 Å². The first-order chi connectivity index (χ1) is 10.1. The number of aromatic nitrogens is 2. The molecule has 1 aromatic heterocycles. The maximum absolute atomic E-state index is 4.49. The molecule has 0 amide bonds. The quantitative estimate of drug-likeness (QED) is 0.698. The highest BCUT2D eigenvalue weighted by Gasteiger charge is 2.11. The normalized spacial score (nSPS) is 10.9. The maximum Gasteiger partial charge on any atom is 0.144 e. The molecular formula is C18H19N3. The second-order valence-corrected chi connectivity index (χ2v) is 5.55. The lowest BCUT2D eigenvalue weighted by Gasteiger charge is -2.20. The average Bonchev–Trinajstić information content (AvgIpc) is 2.48. The van der Waals surface area contributed by atoms with Gasteiger partial charge >= 0.3 is 0 Å². The predicted molar refractivity (Wildman–Crippen MR) is 88.3 cm³/mol. The molecule has 0 saturated carbocycles. The van der Waals surface area contributed by atoms with Gasteiger partial charge in [-0.25, -0.2) is 9.97 Å². The zero-order chi connectivity index (χ0) is 15.0. The summed E-state index contributed by atoms with van der Waals surface area (Å²) < 4.78 is 0. The van der Waals surface area contributed by atoms with Crippen LogP contribution in [0.1, 0.15) is 16.7 Å². The van der Waals surface area contributed by atoms with Gasteiger partial charge in [0, 0.05) is 18.1 Å². The zero-order valence-electron chi connectivity index (χ0n) is 12.9. The van der Waals surface area contributed by atoms with Crippen molar-refractivity contribution in [2.75, 3.05) is 11.9 Å². The lowest BCUT2D eigenvalue weighted by Crippen LogP contribution is -2.12. The SMILES string of the molecule is Cc1ccc(N(C)c2ncnc3cc(C)c(C)cc23)cc1. The molecule has 0 fully saturated rings. The smallest absolute Gasteiger partial charge is 0.144 e. The average molecular weight is 277 g/mol. The van der Waals surface area contributed by atoms with Crippen LogP contribution in [0.3, 0.4) is 0 Å². The molecular weight excluding hydrogens is 258 g/mol. The fraction of sp³-hybridized carbons (Fsp3) is 0.222. The molecule has 0 radical (unpaired) electrons. The molecule has 0 spiro atoms. The van der Waals surface area contributed by atoms with Gasteiger partial charge in [-0.2, -0.15) is 0 Å². The van der Waals surface area contributed by atoms with E-state index in [0.29, 0.717) is 0 Å². The molecule has 0 aliphatic rings. The third-order valence-electron chi connectivity index (χ3n) is 3.97. The van der Waals surface area contributed by atoms with E-state index in [9.17, 15) is 0 Å². The maximum atomic E-state index is 4.49. The van der Waals surface area contributed by atoms with Gasteiger partial charge in [0.1, 0.15) is 12.1 Å². The molecule has 0 N–H and O–H groups in total. The van der Waals surface area contributed by atoms with Crippen LogP contribution in [0.4, 0.5) is 11.5 Å². The Kier molecular flexibility index (Phi) is 3.34. The monoisotopic (exact) mass is 277 g/mol. The highest BCUT2D eigenvalue weighted by Crippen LogP contribution is 2.29. The Morgan fingerprint density at radius 1 is 0.857 bits per heavy atom. The van der Waals surface area contributed by atoms with Crippen molar-refractivity contribution < 1.29 is 0 Å². The van der Waals surface area contributed by atoms with Crippen molar-refractivity contribution in [2.45, 2.75) is 20.8 Å². The van der Waals surface area contributed by atoms with Crippen molar-refractivity contribution in [1.29, 1.82) is 0 Å². The molecule has 3 rings (SSSR count). The zero-order valence-corrected chi connectivity index (χ0v) is 12.9. The molecule has 21 heavy (non-hydrogen) atoms. The molecule has 0 bridgehead atoms. The molecule has 0 aliphatic heterocycles. The van der Waals surface area contributed by atoms with Crippen LogP contribution in [0.2, 0.25) is 0 Å². The number of hydrogen-bond donors (Lipinski definition) is 0. The van der Waals surface area contributed by atoms with Crippen LogP contribution in [0.5, 0.6) is 0 Å². The van der Waals surface area contributed by atoms with Crippen LogP contribution in [0, 0.1) is 20.8 Å². The number of benzene rings is 2. The molecule has 106 valence electrons. The van der Waals surface area contributed by atoms with Crippen LogP contribution in [-0.4, -0.2) is 17.0 Å². The molecule has 1 heterocycles. The van der Waals surface area contributed by atoms with Crippen LogP contribution >= 0.6 is 0 Å². The number of hydrogen-bond acceptors (Lipinski definition) is 3. The number of aryl methyl sites for hydroxylation is 3. The largest absolute Gasteiger partial charge is 0.329 e. The molecule has 0 aliphatic carbocycles. The molecule has 2 aromatic carbocycles. The van der Waals surface area contributed by atoms with Crippen molar-refractivity contribution in [3.8, 4) is 0 Å². The van der Waals surface area contributed by atoms with E-state index < -0.39 is 0 Å². The highest BCUT2D eigenvalue weighted by molar-refractivity contribution is 5.92. The molecule has 0 atom stereocenters. The minimum Gasteiger partial charge on any atom is -0.329 e. The van der Waals surface area contributed by atoms with E-state index in [0.717, 1.165) is 22.4 Å². The Balaban J connectivity index is 2.15. The summed E-state index contributed by atoms with van der Waals surface area (Å²) in [6.07, 6.45) is 1.64. The Morgan fingerprint density at radius 2 is 1.52 bits per heavy atom. The van der Waals surface area contributed by atoms with Gasteiger partial charge in [0.2, 0.25) is 0 Å². The second-order valence-electron chi connectivity index (χ2n) is 5.55. The summed E-state index contributed by atoms with van der Waals surface area (Å²) in [7, 11) is 2.04. The first kappa shape index (κ1) is 13.6. The van der Waals surface area contributed by atoms with Crippen molar-refractivity contribution in [2.24, 2.45) is 0 Å². The fourth-order valence-corrected chi connectivity index (χ4v) is 2.46. The Hall–Kier alpha value is -2.42. The summed E-state index contributed by atoms with van der Waals surface area (Å²) in [5.74, 6) is 0.937. The number of nitrogens with zero attached hydrogens (tertiary/aromatic N) is 3. The van der Waals surface area contributed by atoms with E-state index >= 15 is 0 Å². The van der Waals surface area contributed by atoms with E-state index in [2.05, 4.69) is 72.0 Å². The first-order valence-electron chi connectivity index (χ1n) is 7.08. The number of anilines is 2. The standard InChI is InChI=1S/C18H19N3/c1-12-5-7-15(8-6-12)21(4)18-16-9-13(2)14(3)10-17(16)19-11-20-18/h5-11H,1-4H3. The minimum absolute atomic E-state index is 0.937. The Labute approximate surface area is 125 Å². The summed E-state index contributed by atoms with van der Waals surface area (Å²) >= 11 is 0. The van der Waals surface area contributed by atoms with Gasteiger partial charge < -0.3 is 4.90 Å². The summed E-state index contributed by atoms with van der Waals surface area (Å²) in [5, 5.41) is 1.09. The third kappa shape index (κ3) is 2.47. The lowest BCUT2D eigenvalue weighted by atomic mass is 10.1. The minimum atomic E-state index is 0.937. The number of fused-ring (bicyclic) bond motifs is 1. The molecule has 3 heteroatoms. The predicted octanol–water partition coefficient (Wildman–Crippen LogP) is 4.32. The fourth-order valence-electron chi connectivity index (χ4n) is 2.46. The van der Waals surface area contributed by atoms with Gasteiger partial charge in [-0.3, -0.25) is 0 Å². The van der Waals surface area contributed by atoms with Crippen LogP contribution in [0.15, 0.2) is 42.7 Å². The summed E-state index contributed by atoms with van der Waals surface area (Å²) in [4.78, 5) is 11.0. The van der Waals surface area contributed by atoms with E-state index in [1.165, 1.54) is 16.7 Å². The number of rotatable bonds is 2. The third-order valence-corrected chi connectivity index (χ3v) is 3.97.